The van der Waals surface area contributed by atoms with Gasteiger partial charge < -0.3 is 10.1 Å². The molecule has 0 spiro atoms. The minimum atomic E-state index is 0.410. The van der Waals surface area contributed by atoms with Crippen LogP contribution in [0.5, 0.6) is 0 Å². The highest BCUT2D eigenvalue weighted by atomic mass is 16.5. The van der Waals surface area contributed by atoms with Gasteiger partial charge in [-0.1, -0.05) is 20.3 Å². The molecule has 2 rings (SSSR count). The predicted molar refractivity (Wildman–Crippen MR) is 75.9 cm³/mol. The summed E-state index contributed by atoms with van der Waals surface area (Å²) < 4.78 is 5.82. The van der Waals surface area contributed by atoms with E-state index in [1.54, 1.807) is 0 Å². The maximum atomic E-state index is 5.82. The van der Waals surface area contributed by atoms with Crippen LogP contribution in [0.25, 0.3) is 0 Å². The van der Waals surface area contributed by atoms with Gasteiger partial charge in [0.05, 0.1) is 12.7 Å². The van der Waals surface area contributed by atoms with E-state index in [1.807, 2.05) is 0 Å². The van der Waals surface area contributed by atoms with Crippen molar-refractivity contribution in [2.24, 2.45) is 0 Å². The highest BCUT2D eigenvalue weighted by Crippen LogP contribution is 2.28. The first-order valence-electron chi connectivity index (χ1n) is 7.85. The second-order valence-corrected chi connectivity index (χ2v) is 5.98. The molecule has 106 valence electrons. The Balaban J connectivity index is 1.94. The van der Waals surface area contributed by atoms with E-state index in [2.05, 4.69) is 31.0 Å². The Bertz CT molecular complexity index is 245. The van der Waals surface area contributed by atoms with Gasteiger partial charge in [-0.15, -0.1) is 0 Å². The Morgan fingerprint density at radius 3 is 2.83 bits per heavy atom. The van der Waals surface area contributed by atoms with Crippen molar-refractivity contribution in [3.8, 4) is 0 Å². The minimum absolute atomic E-state index is 0.410. The summed E-state index contributed by atoms with van der Waals surface area (Å²) in [5, 5.41) is 3.64. The van der Waals surface area contributed by atoms with Crippen molar-refractivity contribution in [2.75, 3.05) is 19.7 Å². The molecule has 2 aliphatic rings. The van der Waals surface area contributed by atoms with Gasteiger partial charge in [0.1, 0.15) is 0 Å². The Kier molecular flexibility index (Phi) is 5.46. The second-order valence-electron chi connectivity index (χ2n) is 5.98. The van der Waals surface area contributed by atoms with Crippen molar-refractivity contribution in [2.45, 2.75) is 77.1 Å². The normalized spacial score (nSPS) is 38.8. The zero-order chi connectivity index (χ0) is 13.0. The molecule has 0 aromatic rings. The van der Waals surface area contributed by atoms with E-state index in [0.29, 0.717) is 12.1 Å². The number of nitrogens with one attached hydrogen (secondary N) is 1. The molecule has 18 heavy (non-hydrogen) atoms. The first-order chi connectivity index (χ1) is 8.74. The monoisotopic (exact) mass is 254 g/mol. The lowest BCUT2D eigenvalue weighted by molar-refractivity contribution is -0.0789. The fourth-order valence-corrected chi connectivity index (χ4v) is 3.61. The molecule has 1 aliphatic carbocycles. The van der Waals surface area contributed by atoms with E-state index in [1.165, 1.54) is 32.1 Å². The fraction of sp³-hybridized carbons (Fsp3) is 1.00. The number of hydrogen-bond acceptors (Lipinski definition) is 3. The molecule has 4 unspecified atom stereocenters. The summed E-state index contributed by atoms with van der Waals surface area (Å²) >= 11 is 0. The number of nitrogens with zero attached hydrogens (tertiary/aromatic N) is 1. The van der Waals surface area contributed by atoms with Crippen LogP contribution in [0.3, 0.4) is 0 Å². The Labute approximate surface area is 112 Å². The number of ether oxygens (including phenoxy) is 1. The van der Waals surface area contributed by atoms with Crippen molar-refractivity contribution in [1.29, 1.82) is 0 Å². The van der Waals surface area contributed by atoms with E-state index in [0.717, 1.165) is 31.8 Å². The van der Waals surface area contributed by atoms with E-state index in [-0.39, 0.29) is 0 Å². The van der Waals surface area contributed by atoms with Crippen molar-refractivity contribution in [1.82, 2.24) is 10.2 Å². The molecule has 1 saturated heterocycles. The van der Waals surface area contributed by atoms with Crippen LogP contribution in [0, 0.1) is 0 Å². The number of hydrogen-bond donors (Lipinski definition) is 1. The van der Waals surface area contributed by atoms with Crippen molar-refractivity contribution >= 4 is 0 Å². The van der Waals surface area contributed by atoms with Crippen LogP contribution in [0.2, 0.25) is 0 Å². The Morgan fingerprint density at radius 1 is 1.28 bits per heavy atom. The lowest BCUT2D eigenvalue weighted by atomic mass is 9.88. The summed E-state index contributed by atoms with van der Waals surface area (Å²) in [6, 6.07) is 2.16. The maximum Gasteiger partial charge on any atom is 0.0674 e. The van der Waals surface area contributed by atoms with E-state index in [4.69, 9.17) is 4.74 Å². The Hall–Kier alpha value is -0.120. The predicted octanol–water partition coefficient (Wildman–Crippen LogP) is 2.41. The van der Waals surface area contributed by atoms with Crippen molar-refractivity contribution in [3.63, 3.8) is 0 Å². The summed E-state index contributed by atoms with van der Waals surface area (Å²) in [6.45, 7) is 9.89. The van der Waals surface area contributed by atoms with Gasteiger partial charge >= 0.3 is 0 Å². The fourth-order valence-electron chi connectivity index (χ4n) is 3.61. The minimum Gasteiger partial charge on any atom is -0.376 e. The summed E-state index contributed by atoms with van der Waals surface area (Å²) in [6.07, 6.45) is 7.08. The standard InChI is InChI=1S/C15H30N2O/c1-4-14-11-18-12(3)10-17(14)15-8-6-7-13(9-15)16-5-2/h12-16H,4-11H2,1-3H3. The molecule has 0 aromatic carbocycles. The number of morpholine rings is 1. The zero-order valence-corrected chi connectivity index (χ0v) is 12.3. The molecular weight excluding hydrogens is 224 g/mol. The molecule has 0 bridgehead atoms. The van der Waals surface area contributed by atoms with Crippen LogP contribution in [0.1, 0.15) is 52.9 Å². The third kappa shape index (κ3) is 3.46. The SMILES string of the molecule is CCNC1CCCC(N2CC(C)OCC2CC)C1. The molecule has 3 nitrogen and oxygen atoms in total. The van der Waals surface area contributed by atoms with Crippen LogP contribution in [-0.4, -0.2) is 48.8 Å². The lowest BCUT2D eigenvalue weighted by Gasteiger charge is -2.46. The largest absolute Gasteiger partial charge is 0.376 e. The molecule has 1 heterocycles. The van der Waals surface area contributed by atoms with Crippen molar-refractivity contribution < 1.29 is 4.74 Å². The van der Waals surface area contributed by atoms with Gasteiger partial charge in [0, 0.05) is 24.7 Å². The van der Waals surface area contributed by atoms with Gasteiger partial charge in [0.25, 0.3) is 0 Å². The van der Waals surface area contributed by atoms with Gasteiger partial charge in [0.15, 0.2) is 0 Å². The maximum absolute atomic E-state index is 5.82. The zero-order valence-electron chi connectivity index (χ0n) is 12.3. The highest BCUT2D eigenvalue weighted by molar-refractivity contribution is 4.89. The van der Waals surface area contributed by atoms with Crippen LogP contribution >= 0.6 is 0 Å². The number of rotatable bonds is 4. The van der Waals surface area contributed by atoms with E-state index >= 15 is 0 Å². The molecule has 2 fully saturated rings. The highest BCUT2D eigenvalue weighted by Gasteiger charge is 2.33. The molecule has 1 N–H and O–H groups in total. The molecule has 0 amide bonds. The molecule has 1 saturated carbocycles. The van der Waals surface area contributed by atoms with Crippen molar-refractivity contribution in [3.05, 3.63) is 0 Å². The molecule has 3 heteroatoms. The summed E-state index contributed by atoms with van der Waals surface area (Å²) in [4.78, 5) is 2.75. The molecular formula is C15H30N2O. The first kappa shape index (κ1) is 14.3. The average Bonchev–Trinajstić information content (AvgIpc) is 2.39. The second kappa shape index (κ2) is 6.88. The van der Waals surface area contributed by atoms with Gasteiger partial charge in [0.2, 0.25) is 0 Å². The molecule has 4 atom stereocenters. The van der Waals surface area contributed by atoms with E-state index in [9.17, 15) is 0 Å². The summed E-state index contributed by atoms with van der Waals surface area (Å²) in [7, 11) is 0. The van der Waals surface area contributed by atoms with E-state index < -0.39 is 0 Å². The van der Waals surface area contributed by atoms with Gasteiger partial charge in [-0.3, -0.25) is 4.90 Å². The van der Waals surface area contributed by atoms with Gasteiger partial charge in [-0.25, -0.2) is 0 Å². The van der Waals surface area contributed by atoms with Gasteiger partial charge in [-0.2, -0.15) is 0 Å². The van der Waals surface area contributed by atoms with Gasteiger partial charge in [-0.05, 0) is 39.2 Å². The average molecular weight is 254 g/mol. The first-order valence-corrected chi connectivity index (χ1v) is 7.85. The molecule has 1 aliphatic heterocycles. The van der Waals surface area contributed by atoms with Crippen LogP contribution < -0.4 is 5.32 Å². The smallest absolute Gasteiger partial charge is 0.0674 e. The Morgan fingerprint density at radius 2 is 2.11 bits per heavy atom. The van der Waals surface area contributed by atoms with Crippen LogP contribution in [0.4, 0.5) is 0 Å². The lowest BCUT2D eigenvalue weighted by Crippen LogP contribution is -2.55. The molecule has 0 aromatic heterocycles. The summed E-state index contributed by atoms with van der Waals surface area (Å²) in [5.74, 6) is 0. The topological polar surface area (TPSA) is 24.5 Å². The quantitative estimate of drug-likeness (QED) is 0.834. The summed E-state index contributed by atoms with van der Waals surface area (Å²) in [5.41, 5.74) is 0. The third-order valence-electron chi connectivity index (χ3n) is 4.59. The molecule has 0 radical (unpaired) electrons. The third-order valence-corrected chi connectivity index (χ3v) is 4.59. The van der Waals surface area contributed by atoms with Crippen LogP contribution in [-0.2, 0) is 4.74 Å². The van der Waals surface area contributed by atoms with Crippen LogP contribution in [0.15, 0.2) is 0 Å².